The third-order valence-corrected chi connectivity index (χ3v) is 2.52. The van der Waals surface area contributed by atoms with Gasteiger partial charge in [-0.05, 0) is 11.8 Å². The number of carboxylic acid groups (broad SMARTS) is 1. The van der Waals surface area contributed by atoms with E-state index in [4.69, 9.17) is 22.4 Å². The predicted octanol–water partition coefficient (Wildman–Crippen LogP) is 1.23. The van der Waals surface area contributed by atoms with Gasteiger partial charge in [-0.3, -0.25) is 4.79 Å². The van der Waals surface area contributed by atoms with E-state index in [-0.39, 0.29) is 0 Å². The second-order valence-corrected chi connectivity index (χ2v) is 3.46. The van der Waals surface area contributed by atoms with Gasteiger partial charge in [0.05, 0.1) is 0 Å². The van der Waals surface area contributed by atoms with E-state index in [1.807, 2.05) is 0 Å². The minimum atomic E-state index is -0.986. The van der Waals surface area contributed by atoms with Gasteiger partial charge in [-0.2, -0.15) is 0 Å². The first-order valence-electron chi connectivity index (χ1n) is 2.96. The van der Waals surface area contributed by atoms with Crippen LogP contribution in [0.15, 0.2) is 10.4 Å². The van der Waals surface area contributed by atoms with E-state index < -0.39 is 12.0 Å². The van der Waals surface area contributed by atoms with Gasteiger partial charge in [-0.25, -0.2) is 0 Å². The van der Waals surface area contributed by atoms with E-state index in [1.54, 1.807) is 6.92 Å². The van der Waals surface area contributed by atoms with Crippen LogP contribution in [0.2, 0.25) is 0 Å². The lowest BCUT2D eigenvalue weighted by atomic mass is 10.4. The first-order valence-corrected chi connectivity index (χ1v) is 4.38. The Morgan fingerprint density at radius 1 is 1.91 bits per heavy atom. The van der Waals surface area contributed by atoms with Gasteiger partial charge in [0.25, 0.3) is 0 Å². The summed E-state index contributed by atoms with van der Waals surface area (Å²) < 4.78 is 0. The molecule has 0 aliphatic heterocycles. The quantitative estimate of drug-likeness (QED) is 0.709. The Balaban J connectivity index is 3.62. The molecule has 0 aliphatic carbocycles. The van der Waals surface area contributed by atoms with Crippen LogP contribution in [-0.4, -0.2) is 22.9 Å². The van der Waals surface area contributed by atoms with E-state index in [0.717, 1.165) is 4.91 Å². The van der Waals surface area contributed by atoms with E-state index in [1.165, 1.54) is 17.3 Å². The molecule has 0 rings (SSSR count). The molecule has 0 spiro atoms. The number of nitrogens with two attached hydrogens (primary N) is 1. The lowest BCUT2D eigenvalue weighted by Crippen LogP contribution is -2.32. The van der Waals surface area contributed by atoms with Crippen LogP contribution in [-0.2, 0) is 4.79 Å². The molecule has 3 N–H and O–H groups in total. The number of thioether (sulfide) groups is 1. The minimum Gasteiger partial charge on any atom is -0.480 e. The van der Waals surface area contributed by atoms with Crippen molar-refractivity contribution in [2.45, 2.75) is 13.0 Å². The Labute approximate surface area is 74.6 Å². The number of carboxylic acids is 1. The highest BCUT2D eigenvalue weighted by Crippen LogP contribution is 2.15. The fourth-order valence-corrected chi connectivity index (χ4v) is 1.16. The Bertz CT molecular complexity index is 172. The van der Waals surface area contributed by atoms with Crippen LogP contribution in [0, 0.1) is 0 Å². The number of hydrogen-bond acceptors (Lipinski definition) is 3. The molecule has 11 heavy (non-hydrogen) atoms. The summed E-state index contributed by atoms with van der Waals surface area (Å²) in [4.78, 5) is 11.1. The van der Waals surface area contributed by atoms with Crippen LogP contribution in [0.3, 0.4) is 0 Å². The molecule has 0 aliphatic rings. The van der Waals surface area contributed by atoms with E-state index in [0.29, 0.717) is 5.75 Å². The highest BCUT2D eigenvalue weighted by atomic mass is 35.5. The molecule has 0 bridgehead atoms. The Kier molecular flexibility index (Phi) is 5.36. The van der Waals surface area contributed by atoms with Crippen molar-refractivity contribution in [2.75, 3.05) is 5.75 Å². The van der Waals surface area contributed by atoms with Gasteiger partial charge in [-0.1, -0.05) is 11.6 Å². The van der Waals surface area contributed by atoms with Crippen LogP contribution in [0.4, 0.5) is 0 Å². The van der Waals surface area contributed by atoms with Gasteiger partial charge < -0.3 is 10.8 Å². The molecule has 0 radical (unpaired) electrons. The highest BCUT2D eigenvalue weighted by Gasteiger charge is 2.10. The smallest absolute Gasteiger partial charge is 0.321 e. The van der Waals surface area contributed by atoms with E-state index >= 15 is 0 Å². The van der Waals surface area contributed by atoms with Gasteiger partial charge >= 0.3 is 5.97 Å². The third kappa shape index (κ3) is 5.12. The van der Waals surface area contributed by atoms with Crippen molar-refractivity contribution in [1.29, 1.82) is 0 Å². The van der Waals surface area contributed by atoms with E-state index in [9.17, 15) is 4.79 Å². The van der Waals surface area contributed by atoms with Crippen molar-refractivity contribution in [2.24, 2.45) is 5.73 Å². The zero-order valence-electron chi connectivity index (χ0n) is 6.08. The molecule has 64 valence electrons. The monoisotopic (exact) mass is 195 g/mol. The standard InChI is InChI=1S/C6H10ClNO2S/c1-4(2-7)11-3-5(8)6(9)10/h2,5H,3,8H2,1H3,(H,9,10)/t5-/m0/s1. The van der Waals surface area contributed by atoms with Gasteiger partial charge in [0.2, 0.25) is 0 Å². The van der Waals surface area contributed by atoms with Crippen molar-refractivity contribution >= 4 is 29.3 Å². The zero-order valence-corrected chi connectivity index (χ0v) is 7.65. The van der Waals surface area contributed by atoms with Gasteiger partial charge in [0.1, 0.15) is 6.04 Å². The molecule has 0 aromatic heterocycles. The number of allylic oxidation sites excluding steroid dienone is 1. The largest absolute Gasteiger partial charge is 0.480 e. The van der Waals surface area contributed by atoms with Crippen molar-refractivity contribution in [3.05, 3.63) is 10.4 Å². The average Bonchev–Trinajstić information content (AvgIpc) is 1.99. The molecule has 0 fully saturated rings. The fraction of sp³-hybridized carbons (Fsp3) is 0.500. The lowest BCUT2D eigenvalue weighted by Gasteiger charge is -2.04. The molecule has 0 aromatic carbocycles. The zero-order chi connectivity index (χ0) is 8.85. The fourth-order valence-electron chi connectivity index (χ4n) is 0.324. The van der Waals surface area contributed by atoms with Crippen molar-refractivity contribution < 1.29 is 9.90 Å². The molecule has 3 nitrogen and oxygen atoms in total. The molecule has 0 saturated carbocycles. The van der Waals surface area contributed by atoms with Crippen LogP contribution < -0.4 is 5.73 Å². The predicted molar refractivity (Wildman–Crippen MR) is 47.7 cm³/mol. The SMILES string of the molecule is CC(=CCl)SC[C@H](N)C(=O)O. The summed E-state index contributed by atoms with van der Waals surface area (Å²) >= 11 is 6.68. The molecule has 0 amide bonds. The first-order chi connectivity index (χ1) is 5.07. The highest BCUT2D eigenvalue weighted by molar-refractivity contribution is 8.03. The molecule has 0 heterocycles. The third-order valence-electron chi connectivity index (χ3n) is 0.961. The van der Waals surface area contributed by atoms with Gasteiger partial charge in [0, 0.05) is 11.3 Å². The Morgan fingerprint density at radius 2 is 2.45 bits per heavy atom. The van der Waals surface area contributed by atoms with Crippen molar-refractivity contribution in [1.82, 2.24) is 0 Å². The molecule has 0 saturated heterocycles. The maximum Gasteiger partial charge on any atom is 0.321 e. The van der Waals surface area contributed by atoms with Crippen molar-refractivity contribution in [3.8, 4) is 0 Å². The maximum atomic E-state index is 10.2. The number of hydrogen-bond donors (Lipinski definition) is 2. The molecule has 0 aromatic rings. The molecular weight excluding hydrogens is 186 g/mol. The summed E-state index contributed by atoms with van der Waals surface area (Å²) in [7, 11) is 0. The average molecular weight is 196 g/mol. The van der Waals surface area contributed by atoms with E-state index in [2.05, 4.69) is 0 Å². The molecular formula is C6H10ClNO2S. The summed E-state index contributed by atoms with van der Waals surface area (Å²) in [5.74, 6) is -0.635. The first kappa shape index (κ1) is 10.8. The summed E-state index contributed by atoms with van der Waals surface area (Å²) in [5.41, 5.74) is 6.63. The van der Waals surface area contributed by atoms with Crippen molar-refractivity contribution in [3.63, 3.8) is 0 Å². The maximum absolute atomic E-state index is 10.2. The number of carbonyl (C=O) groups is 1. The molecule has 5 heteroatoms. The lowest BCUT2D eigenvalue weighted by molar-refractivity contribution is -0.137. The Hall–Kier alpha value is -0.190. The van der Waals surface area contributed by atoms with Crippen LogP contribution in [0.25, 0.3) is 0 Å². The second kappa shape index (κ2) is 5.46. The summed E-state index contributed by atoms with van der Waals surface area (Å²) in [6, 6.07) is -0.813. The van der Waals surface area contributed by atoms with Crippen LogP contribution in [0.1, 0.15) is 6.92 Å². The number of rotatable bonds is 4. The topological polar surface area (TPSA) is 63.3 Å². The second-order valence-electron chi connectivity index (χ2n) is 1.98. The van der Waals surface area contributed by atoms with Gasteiger partial charge in [0.15, 0.2) is 0 Å². The summed E-state index contributed by atoms with van der Waals surface area (Å²) in [5, 5.41) is 8.38. The normalized spacial score (nSPS) is 14.6. The summed E-state index contributed by atoms with van der Waals surface area (Å²) in [6.07, 6.45) is 0. The number of aliphatic carboxylic acids is 1. The summed E-state index contributed by atoms with van der Waals surface area (Å²) in [6.45, 7) is 1.80. The van der Waals surface area contributed by atoms with Crippen LogP contribution in [0.5, 0.6) is 0 Å². The van der Waals surface area contributed by atoms with Crippen LogP contribution >= 0.6 is 23.4 Å². The Morgan fingerprint density at radius 3 is 2.82 bits per heavy atom. The molecule has 0 unspecified atom stereocenters. The number of halogens is 1. The minimum absolute atomic E-state index is 0.352. The van der Waals surface area contributed by atoms with Gasteiger partial charge in [-0.15, -0.1) is 11.8 Å². The molecule has 1 atom stereocenters.